The summed E-state index contributed by atoms with van der Waals surface area (Å²) in [5.74, 6) is -1.39. The smallest absolute Gasteiger partial charge is 0.524 e. The predicted octanol–water partition coefficient (Wildman–Crippen LogP) is 8.09. The van der Waals surface area contributed by atoms with Crippen LogP contribution in [0.5, 0.6) is 11.5 Å². The normalized spacial score (nSPS) is 12.4. The van der Waals surface area contributed by atoms with Gasteiger partial charge in [-0.1, -0.05) is 72.4 Å². The number of phosphoric acid groups is 1. The number of aliphatic hydroxyl groups excluding tert-OH is 1. The van der Waals surface area contributed by atoms with Crippen molar-refractivity contribution in [2.24, 2.45) is 0 Å². The van der Waals surface area contributed by atoms with Crippen molar-refractivity contribution in [2.45, 2.75) is 63.8 Å². The van der Waals surface area contributed by atoms with Gasteiger partial charge in [-0.05, 0) is 80.1 Å². The molecule has 61 heavy (non-hydrogen) atoms. The van der Waals surface area contributed by atoms with Crippen LogP contribution in [-0.4, -0.2) is 54.2 Å². The number of hydrogen-bond donors (Lipinski definition) is 5. The van der Waals surface area contributed by atoms with Crippen LogP contribution in [0, 0.1) is 5.21 Å². The monoisotopic (exact) mass is 909 g/mol. The Labute approximate surface area is 360 Å². The fraction of sp³-hybridized carbons (Fsp3) is 0.357. The number of carbonyl (C=O) groups excluding carboxylic acids is 1. The Morgan fingerprint density at radius 2 is 1.59 bits per heavy atom. The van der Waals surface area contributed by atoms with Crippen LogP contribution in [0.15, 0.2) is 85.2 Å². The number of nitrogens with one attached hydrogen (secondary N) is 2. The Bertz CT molecular complexity index is 2300. The Morgan fingerprint density at radius 3 is 2.26 bits per heavy atom. The van der Waals surface area contributed by atoms with Crippen molar-refractivity contribution in [1.82, 2.24) is 5.32 Å². The number of alkyl halides is 3. The number of rotatable bonds is 22. The molecule has 5 N–H and O–H groups in total. The number of phosphoric ester groups is 1. The number of amides is 1. The molecule has 19 heteroatoms. The first-order valence-corrected chi connectivity index (χ1v) is 21.7. The maximum atomic E-state index is 14.7. The maximum Gasteiger partial charge on any atom is 0.524 e. The summed E-state index contributed by atoms with van der Waals surface area (Å²) in [5.41, 5.74) is -0.219. The van der Waals surface area contributed by atoms with Crippen LogP contribution in [0.4, 0.5) is 18.9 Å². The van der Waals surface area contributed by atoms with Crippen LogP contribution in [0.3, 0.4) is 0 Å². The highest BCUT2D eigenvalue weighted by Crippen LogP contribution is 2.41. The number of methoxy groups -OCH3 is 1. The number of ether oxygens (including phenoxy) is 2. The lowest BCUT2D eigenvalue weighted by atomic mass is 10.0. The third-order valence-electron chi connectivity index (χ3n) is 9.70. The topological polar surface area (TPSA) is 177 Å². The zero-order chi connectivity index (χ0) is 44.2. The molecule has 0 radical (unpaired) electrons. The van der Waals surface area contributed by atoms with Crippen LogP contribution >= 0.6 is 31.0 Å². The molecule has 0 aliphatic heterocycles. The first kappa shape index (κ1) is 47.5. The van der Waals surface area contributed by atoms with E-state index in [1.54, 1.807) is 0 Å². The van der Waals surface area contributed by atoms with Gasteiger partial charge in [0.1, 0.15) is 15.8 Å². The van der Waals surface area contributed by atoms with Crippen LogP contribution in [0.25, 0.3) is 10.9 Å². The molecule has 0 saturated heterocycles. The van der Waals surface area contributed by atoms with Gasteiger partial charge in [0, 0.05) is 25.8 Å². The molecule has 2 aromatic heterocycles. The van der Waals surface area contributed by atoms with E-state index in [0.29, 0.717) is 17.9 Å². The fourth-order valence-corrected chi connectivity index (χ4v) is 7.69. The first-order chi connectivity index (χ1) is 29.1. The number of aryl methyl sites for hydroxylation is 1. The number of pyridine rings is 2. The van der Waals surface area contributed by atoms with Crippen molar-refractivity contribution < 1.29 is 60.7 Å². The van der Waals surface area contributed by atoms with Gasteiger partial charge in [0.25, 0.3) is 17.1 Å². The van der Waals surface area contributed by atoms with Crippen LogP contribution < -0.4 is 29.2 Å². The predicted molar refractivity (Wildman–Crippen MR) is 224 cm³/mol. The molecule has 1 amide bonds. The Kier molecular flexibility index (Phi) is 17.2. The zero-order valence-corrected chi connectivity index (χ0v) is 35.6. The van der Waals surface area contributed by atoms with Crippen LogP contribution in [-0.2, 0) is 28.4 Å². The average molecular weight is 911 g/mol. The van der Waals surface area contributed by atoms with E-state index >= 15 is 0 Å². The second kappa shape index (κ2) is 22.0. The van der Waals surface area contributed by atoms with Crippen molar-refractivity contribution in [2.75, 3.05) is 38.7 Å². The summed E-state index contributed by atoms with van der Waals surface area (Å²) in [7, 11) is -4.04. The van der Waals surface area contributed by atoms with Gasteiger partial charge in [-0.2, -0.15) is 22.5 Å². The second-order valence-corrected chi connectivity index (χ2v) is 16.1. The minimum absolute atomic E-state index is 0.0130. The molecular formula is C42H47Cl2F3N4O9P+. The molecule has 3 aromatic carbocycles. The lowest BCUT2D eigenvalue weighted by molar-refractivity contribution is -0.682. The van der Waals surface area contributed by atoms with E-state index in [1.807, 2.05) is 18.2 Å². The number of benzene rings is 3. The van der Waals surface area contributed by atoms with E-state index in [9.17, 15) is 42.6 Å². The van der Waals surface area contributed by atoms with Crippen molar-refractivity contribution in [3.63, 3.8) is 0 Å². The summed E-state index contributed by atoms with van der Waals surface area (Å²) in [6.07, 6.45) is 2.59. The number of aliphatic hydroxyl groups is 1. The fourth-order valence-electron chi connectivity index (χ4n) is 6.72. The first-order valence-electron chi connectivity index (χ1n) is 19.4. The summed E-state index contributed by atoms with van der Waals surface area (Å²) in [6, 6.07) is 18.6. The molecule has 0 aliphatic rings. The Balaban J connectivity index is 1.26. The van der Waals surface area contributed by atoms with Gasteiger partial charge in [0.05, 0.1) is 35.4 Å². The Morgan fingerprint density at radius 1 is 0.902 bits per heavy atom. The highest BCUT2D eigenvalue weighted by Gasteiger charge is 2.43. The standard InChI is InChI=1S/C42H46Cl2F3N4O9P/c1-58-36-18-16-32(41(53)49-39-33(43)26-50(54)27-34(39)44)31-17-19-38(42(45,46)47)51(40(31)36)25-30-15-14-29(23-37(30)60-61(55,56)57)35(52)24-48-20-8-2-3-9-21-59-22-10-7-13-28-11-5-4-6-12-28/h4-6,11-12,14-19,23,26-27,35,48,52H,2-3,7-10,13,20-22,24-25H2,1H3,(H2-,49,53,55,56,57)/p+1. The number of aromatic nitrogens is 2. The van der Waals surface area contributed by atoms with Crippen molar-refractivity contribution in [3.8, 4) is 11.5 Å². The van der Waals surface area contributed by atoms with E-state index in [0.717, 1.165) is 86.7 Å². The molecule has 0 fully saturated rings. The molecule has 1 unspecified atom stereocenters. The van der Waals surface area contributed by atoms with Crippen molar-refractivity contribution >= 4 is 53.5 Å². The second-order valence-electron chi connectivity index (χ2n) is 14.2. The van der Waals surface area contributed by atoms with E-state index in [2.05, 4.69) is 22.8 Å². The maximum absolute atomic E-state index is 14.7. The minimum Gasteiger partial charge on any atom is -0.619 e. The molecule has 2 heterocycles. The molecule has 5 aromatic rings. The average Bonchev–Trinajstić information content (AvgIpc) is 3.20. The third kappa shape index (κ3) is 13.7. The van der Waals surface area contributed by atoms with Gasteiger partial charge in [-0.3, -0.25) is 14.6 Å². The lowest BCUT2D eigenvalue weighted by Gasteiger charge is -2.18. The molecule has 0 spiro atoms. The molecule has 0 aliphatic carbocycles. The van der Waals surface area contributed by atoms with Crippen molar-refractivity contribution in [1.29, 1.82) is 0 Å². The van der Waals surface area contributed by atoms with Crippen LogP contribution in [0.2, 0.25) is 10.0 Å². The molecule has 0 bridgehead atoms. The van der Waals surface area contributed by atoms with E-state index < -0.39 is 44.0 Å². The van der Waals surface area contributed by atoms with Gasteiger partial charge >= 0.3 is 14.0 Å². The van der Waals surface area contributed by atoms with Gasteiger partial charge < -0.3 is 34.9 Å². The third-order valence-corrected chi connectivity index (χ3v) is 10.7. The molecule has 1 atom stereocenters. The molecule has 13 nitrogen and oxygen atoms in total. The minimum atomic E-state index is -5.26. The molecule has 5 rings (SSSR count). The SMILES string of the molecule is COc1ccc(C(=O)Nc2c(Cl)c[n+]([O-])cc2Cl)c2ccc(C(F)(F)F)[n+](Cc3ccc(C(O)CNCCCCCCOCCCCc4ccccc4)cc3OP(=O)(O)O)c12. The summed E-state index contributed by atoms with van der Waals surface area (Å²) in [6.45, 7) is 1.41. The largest absolute Gasteiger partial charge is 0.619 e. The number of anilines is 1. The van der Waals surface area contributed by atoms with Crippen molar-refractivity contribution in [3.05, 3.63) is 128 Å². The van der Waals surface area contributed by atoms with Gasteiger partial charge in [0.2, 0.25) is 12.4 Å². The molecule has 328 valence electrons. The number of halogens is 5. The summed E-state index contributed by atoms with van der Waals surface area (Å²) >= 11 is 12.3. The van der Waals surface area contributed by atoms with E-state index in [1.165, 1.54) is 36.9 Å². The highest BCUT2D eigenvalue weighted by molar-refractivity contribution is 7.46. The molecular weight excluding hydrogens is 863 g/mol. The van der Waals surface area contributed by atoms with Gasteiger partial charge in [-0.25, -0.2) is 4.57 Å². The number of fused-ring (bicyclic) bond motifs is 1. The summed E-state index contributed by atoms with van der Waals surface area (Å²) in [4.78, 5) is 33.2. The summed E-state index contributed by atoms with van der Waals surface area (Å²) in [5, 5.41) is 27.9. The number of hydrogen-bond acceptors (Lipinski definition) is 8. The highest BCUT2D eigenvalue weighted by atomic mass is 35.5. The number of unbranched alkanes of at least 4 members (excludes halogenated alkanes) is 4. The number of nitrogens with zero attached hydrogens (tertiary/aromatic N) is 2. The van der Waals surface area contributed by atoms with Crippen LogP contribution in [0.1, 0.15) is 77.4 Å². The quantitative estimate of drug-likeness (QED) is 0.0197. The number of carbonyl (C=O) groups is 1. The van der Waals surface area contributed by atoms with E-state index in [-0.39, 0.29) is 55.6 Å². The van der Waals surface area contributed by atoms with E-state index in [4.69, 9.17) is 37.2 Å². The summed E-state index contributed by atoms with van der Waals surface area (Å²) < 4.78 is 73.4. The zero-order valence-electron chi connectivity index (χ0n) is 33.2. The molecule has 0 saturated carbocycles. The lowest BCUT2D eigenvalue weighted by Crippen LogP contribution is -2.44. The van der Waals surface area contributed by atoms with Gasteiger partial charge in [0.15, 0.2) is 12.3 Å². The van der Waals surface area contributed by atoms with Gasteiger partial charge in [-0.15, -0.1) is 0 Å². The Hall–Kier alpha value is -4.51.